The normalized spacial score (nSPS) is 10.3. The highest BCUT2D eigenvalue weighted by Gasteiger charge is 2.17. The number of hydrogen-bond acceptors (Lipinski definition) is 4. The molecule has 0 radical (unpaired) electrons. The summed E-state index contributed by atoms with van der Waals surface area (Å²) in [6.07, 6.45) is 0.807. The third-order valence-electron chi connectivity index (χ3n) is 2.84. The quantitative estimate of drug-likeness (QED) is 0.912. The highest BCUT2D eigenvalue weighted by atomic mass is 79.9. The largest absolute Gasteiger partial charge is 0.383 e. The number of pyridine rings is 1. The lowest BCUT2D eigenvalue weighted by molar-refractivity contribution is 1.01. The number of nitriles is 1. The van der Waals surface area contributed by atoms with E-state index in [1.165, 1.54) is 0 Å². The number of hydrogen-bond donors (Lipinski definition) is 1. The van der Waals surface area contributed by atoms with Crippen LogP contribution in [0.4, 0.5) is 5.82 Å². The SMILES string of the molecule is CCc1nc(N)c(C#N)c(-c2ccc(Br)s2)c1C. The monoisotopic (exact) mass is 321 g/mol. The lowest BCUT2D eigenvalue weighted by Gasteiger charge is -2.12. The van der Waals surface area contributed by atoms with E-state index in [4.69, 9.17) is 5.73 Å². The number of aromatic nitrogens is 1. The lowest BCUT2D eigenvalue weighted by Crippen LogP contribution is -2.04. The summed E-state index contributed by atoms with van der Waals surface area (Å²) in [6.45, 7) is 4.03. The molecule has 18 heavy (non-hydrogen) atoms. The Labute approximate surface area is 118 Å². The zero-order valence-electron chi connectivity index (χ0n) is 10.1. The first-order valence-corrected chi connectivity index (χ1v) is 7.14. The van der Waals surface area contributed by atoms with Gasteiger partial charge in [-0.2, -0.15) is 5.26 Å². The summed E-state index contributed by atoms with van der Waals surface area (Å²) in [7, 11) is 0. The summed E-state index contributed by atoms with van der Waals surface area (Å²) in [5, 5.41) is 9.28. The van der Waals surface area contributed by atoms with Crippen LogP contribution >= 0.6 is 27.3 Å². The van der Waals surface area contributed by atoms with Crippen LogP contribution < -0.4 is 5.73 Å². The molecule has 0 fully saturated rings. The van der Waals surface area contributed by atoms with E-state index in [0.29, 0.717) is 11.4 Å². The smallest absolute Gasteiger partial charge is 0.142 e. The highest BCUT2D eigenvalue weighted by Crippen LogP contribution is 2.37. The molecule has 3 nitrogen and oxygen atoms in total. The van der Waals surface area contributed by atoms with Crippen LogP contribution in [0, 0.1) is 18.3 Å². The van der Waals surface area contributed by atoms with E-state index in [1.807, 2.05) is 26.0 Å². The third-order valence-corrected chi connectivity index (χ3v) is 4.48. The summed E-state index contributed by atoms with van der Waals surface area (Å²) in [4.78, 5) is 5.34. The van der Waals surface area contributed by atoms with Gasteiger partial charge in [-0.3, -0.25) is 0 Å². The van der Waals surface area contributed by atoms with E-state index in [1.54, 1.807) is 11.3 Å². The van der Waals surface area contributed by atoms with Crippen molar-refractivity contribution in [3.63, 3.8) is 0 Å². The Morgan fingerprint density at radius 3 is 2.72 bits per heavy atom. The van der Waals surface area contributed by atoms with Gasteiger partial charge in [0.2, 0.25) is 0 Å². The maximum Gasteiger partial charge on any atom is 0.142 e. The first-order valence-electron chi connectivity index (χ1n) is 5.53. The fourth-order valence-corrected chi connectivity index (χ4v) is 3.45. The highest BCUT2D eigenvalue weighted by molar-refractivity contribution is 9.11. The molecule has 0 aromatic carbocycles. The molecule has 2 heterocycles. The zero-order valence-corrected chi connectivity index (χ0v) is 12.5. The van der Waals surface area contributed by atoms with Crippen molar-refractivity contribution in [2.45, 2.75) is 20.3 Å². The molecule has 0 bridgehead atoms. The van der Waals surface area contributed by atoms with E-state index in [2.05, 4.69) is 27.0 Å². The van der Waals surface area contributed by atoms with Gasteiger partial charge in [0, 0.05) is 16.1 Å². The molecule has 0 atom stereocenters. The van der Waals surface area contributed by atoms with Crippen molar-refractivity contribution in [1.29, 1.82) is 5.26 Å². The molecule has 2 rings (SSSR count). The van der Waals surface area contributed by atoms with Crippen LogP contribution in [0.15, 0.2) is 15.9 Å². The van der Waals surface area contributed by atoms with Gasteiger partial charge in [-0.1, -0.05) is 6.92 Å². The van der Waals surface area contributed by atoms with Gasteiger partial charge in [0.1, 0.15) is 17.5 Å². The summed E-state index contributed by atoms with van der Waals surface area (Å²) >= 11 is 5.04. The number of rotatable bonds is 2. The predicted octanol–water partition coefficient (Wildman–Crippen LogP) is 3.90. The van der Waals surface area contributed by atoms with E-state index >= 15 is 0 Å². The van der Waals surface area contributed by atoms with Crippen molar-refractivity contribution in [1.82, 2.24) is 4.98 Å². The summed E-state index contributed by atoms with van der Waals surface area (Å²) < 4.78 is 1.04. The Morgan fingerprint density at radius 2 is 2.22 bits per heavy atom. The molecule has 0 aliphatic heterocycles. The van der Waals surface area contributed by atoms with Gasteiger partial charge in [-0.25, -0.2) is 4.98 Å². The second-order valence-corrected chi connectivity index (χ2v) is 6.35. The Hall–Kier alpha value is -1.38. The second kappa shape index (κ2) is 5.09. The fourth-order valence-electron chi connectivity index (χ4n) is 1.96. The van der Waals surface area contributed by atoms with Crippen molar-refractivity contribution in [3.8, 4) is 16.5 Å². The van der Waals surface area contributed by atoms with E-state index in [0.717, 1.165) is 31.9 Å². The molecular formula is C13H12BrN3S. The van der Waals surface area contributed by atoms with Crippen LogP contribution in [-0.2, 0) is 6.42 Å². The maximum atomic E-state index is 9.28. The van der Waals surface area contributed by atoms with Crippen LogP contribution in [0.25, 0.3) is 10.4 Å². The molecule has 92 valence electrons. The van der Waals surface area contributed by atoms with Crippen LogP contribution in [0.3, 0.4) is 0 Å². The summed E-state index contributed by atoms with van der Waals surface area (Å²) in [5.41, 5.74) is 9.26. The van der Waals surface area contributed by atoms with Gasteiger partial charge in [0.25, 0.3) is 0 Å². The Kier molecular flexibility index (Phi) is 3.69. The number of thiophene rings is 1. The minimum absolute atomic E-state index is 0.319. The Balaban J connectivity index is 2.79. The van der Waals surface area contributed by atoms with Gasteiger partial charge in [0.15, 0.2) is 0 Å². The van der Waals surface area contributed by atoms with Crippen LogP contribution in [0.5, 0.6) is 0 Å². The molecule has 0 aliphatic rings. The fraction of sp³-hybridized carbons (Fsp3) is 0.231. The lowest BCUT2D eigenvalue weighted by atomic mass is 9.99. The maximum absolute atomic E-state index is 9.28. The molecule has 0 spiro atoms. The molecule has 0 aliphatic carbocycles. The number of halogens is 1. The standard InChI is InChI=1S/C13H12BrN3S/c1-3-9-7(2)12(8(6-15)13(16)17-9)10-4-5-11(14)18-10/h4-5H,3H2,1-2H3,(H2,16,17). The zero-order chi connectivity index (χ0) is 13.3. The summed E-state index contributed by atoms with van der Waals surface area (Å²) in [5.74, 6) is 0.319. The van der Waals surface area contributed by atoms with Crippen molar-refractivity contribution in [2.24, 2.45) is 0 Å². The van der Waals surface area contributed by atoms with E-state index in [9.17, 15) is 5.26 Å². The van der Waals surface area contributed by atoms with Gasteiger partial charge in [-0.15, -0.1) is 11.3 Å². The van der Waals surface area contributed by atoms with Gasteiger partial charge >= 0.3 is 0 Å². The van der Waals surface area contributed by atoms with Gasteiger partial charge in [-0.05, 0) is 47.0 Å². The molecule has 0 amide bonds. The summed E-state index contributed by atoms with van der Waals surface area (Å²) in [6, 6.07) is 6.14. The van der Waals surface area contributed by atoms with Crippen molar-refractivity contribution in [3.05, 3.63) is 32.7 Å². The molecule has 0 saturated carbocycles. The van der Waals surface area contributed by atoms with E-state index in [-0.39, 0.29) is 0 Å². The topological polar surface area (TPSA) is 62.7 Å². The van der Waals surface area contributed by atoms with Crippen LogP contribution in [0.2, 0.25) is 0 Å². The van der Waals surface area contributed by atoms with Crippen molar-refractivity contribution in [2.75, 3.05) is 5.73 Å². The number of anilines is 1. The second-order valence-electron chi connectivity index (χ2n) is 3.89. The molecular weight excluding hydrogens is 310 g/mol. The number of nitrogens with zero attached hydrogens (tertiary/aromatic N) is 2. The molecule has 2 N–H and O–H groups in total. The number of nitrogens with two attached hydrogens (primary N) is 1. The van der Waals surface area contributed by atoms with Crippen molar-refractivity contribution >= 4 is 33.1 Å². The van der Waals surface area contributed by atoms with Gasteiger partial charge in [0.05, 0.1) is 3.79 Å². The van der Waals surface area contributed by atoms with E-state index < -0.39 is 0 Å². The van der Waals surface area contributed by atoms with Crippen LogP contribution in [0.1, 0.15) is 23.7 Å². The average molecular weight is 322 g/mol. The number of nitrogen functional groups attached to an aromatic ring is 1. The third kappa shape index (κ3) is 2.14. The van der Waals surface area contributed by atoms with Crippen molar-refractivity contribution < 1.29 is 0 Å². The number of aryl methyl sites for hydroxylation is 1. The van der Waals surface area contributed by atoms with Gasteiger partial charge < -0.3 is 5.73 Å². The molecule has 0 saturated heterocycles. The van der Waals surface area contributed by atoms with Crippen LogP contribution in [-0.4, -0.2) is 4.98 Å². The molecule has 5 heteroatoms. The minimum Gasteiger partial charge on any atom is -0.383 e. The first kappa shape index (κ1) is 13.1. The predicted molar refractivity (Wildman–Crippen MR) is 78.5 cm³/mol. The Bertz CT molecular complexity index is 640. The molecule has 2 aromatic heterocycles. The molecule has 0 unspecified atom stereocenters. The minimum atomic E-state index is 0.319. The average Bonchev–Trinajstić information content (AvgIpc) is 2.77. The first-order chi connectivity index (χ1) is 8.58. The molecule has 2 aromatic rings. The Morgan fingerprint density at radius 1 is 1.50 bits per heavy atom.